The molecule has 1 heterocycles. The molecule has 18 heavy (non-hydrogen) atoms. The van der Waals surface area contributed by atoms with Crippen LogP contribution >= 0.6 is 0 Å². The summed E-state index contributed by atoms with van der Waals surface area (Å²) in [5.41, 5.74) is 2.17. The lowest BCUT2D eigenvalue weighted by Gasteiger charge is -2.18. The number of aromatic carboxylic acids is 1. The molecule has 0 radical (unpaired) electrons. The fourth-order valence-electron chi connectivity index (χ4n) is 2.04. The van der Waals surface area contributed by atoms with E-state index in [1.165, 1.54) is 0 Å². The summed E-state index contributed by atoms with van der Waals surface area (Å²) >= 11 is 0. The van der Waals surface area contributed by atoms with Crippen LogP contribution in [0.1, 0.15) is 28.7 Å². The minimum atomic E-state index is -0.865. The molecule has 0 amide bonds. The standard InChI is InChI=1S/C13H23N3O2/c1-9(8-15(3)4)14-7-11-6-12(13(17)18)10(2)16(11)5/h6,9,14H,7-8H2,1-5H3,(H,17,18). The van der Waals surface area contributed by atoms with E-state index >= 15 is 0 Å². The van der Waals surface area contributed by atoms with Crippen molar-refractivity contribution in [1.82, 2.24) is 14.8 Å². The Bertz CT molecular complexity index is 424. The van der Waals surface area contributed by atoms with Gasteiger partial charge < -0.3 is 19.9 Å². The highest BCUT2D eigenvalue weighted by molar-refractivity contribution is 5.89. The molecule has 0 aromatic carbocycles. The van der Waals surface area contributed by atoms with Crippen LogP contribution in [0, 0.1) is 6.92 Å². The van der Waals surface area contributed by atoms with Crippen LogP contribution in [-0.4, -0.2) is 47.2 Å². The zero-order valence-corrected chi connectivity index (χ0v) is 11.8. The average Bonchev–Trinajstić information content (AvgIpc) is 2.53. The summed E-state index contributed by atoms with van der Waals surface area (Å²) in [5.74, 6) is -0.865. The van der Waals surface area contributed by atoms with Crippen LogP contribution in [-0.2, 0) is 13.6 Å². The third-order valence-corrected chi connectivity index (χ3v) is 3.14. The lowest BCUT2D eigenvalue weighted by molar-refractivity contribution is 0.0696. The highest BCUT2D eigenvalue weighted by Gasteiger charge is 2.14. The van der Waals surface area contributed by atoms with Gasteiger partial charge in [0.1, 0.15) is 0 Å². The third-order valence-electron chi connectivity index (χ3n) is 3.14. The van der Waals surface area contributed by atoms with E-state index < -0.39 is 5.97 Å². The van der Waals surface area contributed by atoms with Gasteiger partial charge in [-0.1, -0.05) is 0 Å². The summed E-state index contributed by atoms with van der Waals surface area (Å²) in [6, 6.07) is 2.11. The predicted molar refractivity (Wildman–Crippen MR) is 72.0 cm³/mol. The second-order valence-electron chi connectivity index (χ2n) is 5.04. The number of nitrogens with one attached hydrogen (secondary N) is 1. The van der Waals surface area contributed by atoms with Gasteiger partial charge in [0.05, 0.1) is 5.56 Å². The molecular weight excluding hydrogens is 230 g/mol. The van der Waals surface area contributed by atoms with Crippen molar-refractivity contribution < 1.29 is 9.90 Å². The van der Waals surface area contributed by atoms with Crippen molar-refractivity contribution in [3.8, 4) is 0 Å². The van der Waals surface area contributed by atoms with E-state index in [4.69, 9.17) is 5.11 Å². The zero-order chi connectivity index (χ0) is 13.9. The number of aromatic nitrogens is 1. The second kappa shape index (κ2) is 6.02. The Balaban J connectivity index is 2.68. The van der Waals surface area contributed by atoms with Gasteiger partial charge in [0.25, 0.3) is 0 Å². The fraction of sp³-hybridized carbons (Fsp3) is 0.615. The summed E-state index contributed by atoms with van der Waals surface area (Å²) in [6.45, 7) is 5.58. The number of carbonyl (C=O) groups is 1. The molecule has 0 spiro atoms. The quantitative estimate of drug-likeness (QED) is 0.796. The molecule has 1 unspecified atom stereocenters. The SMILES string of the molecule is Cc1c(C(=O)O)cc(CNC(C)CN(C)C)n1C. The Kier molecular flexibility index (Phi) is 4.93. The minimum Gasteiger partial charge on any atom is -0.478 e. The first-order chi connectivity index (χ1) is 8.32. The van der Waals surface area contributed by atoms with Crippen LogP contribution in [0.5, 0.6) is 0 Å². The van der Waals surface area contributed by atoms with E-state index in [0.29, 0.717) is 18.2 Å². The Morgan fingerprint density at radius 1 is 1.56 bits per heavy atom. The van der Waals surface area contributed by atoms with Gasteiger partial charge in [-0.15, -0.1) is 0 Å². The summed E-state index contributed by atoms with van der Waals surface area (Å²) in [4.78, 5) is 13.2. The fourth-order valence-corrected chi connectivity index (χ4v) is 2.04. The molecule has 0 bridgehead atoms. The van der Waals surface area contributed by atoms with Crippen molar-refractivity contribution in [1.29, 1.82) is 0 Å². The highest BCUT2D eigenvalue weighted by atomic mass is 16.4. The van der Waals surface area contributed by atoms with Gasteiger partial charge in [-0.25, -0.2) is 4.79 Å². The Labute approximate surface area is 108 Å². The number of carboxylic acids is 1. The molecule has 0 aliphatic heterocycles. The second-order valence-corrected chi connectivity index (χ2v) is 5.04. The number of hydrogen-bond acceptors (Lipinski definition) is 3. The molecule has 0 aliphatic carbocycles. The molecule has 0 saturated carbocycles. The van der Waals surface area contributed by atoms with E-state index in [2.05, 4.69) is 17.1 Å². The van der Waals surface area contributed by atoms with Gasteiger partial charge in [-0.05, 0) is 34.0 Å². The number of likely N-dealkylation sites (N-methyl/N-ethyl adjacent to an activating group) is 1. The van der Waals surface area contributed by atoms with Crippen molar-refractivity contribution in [2.24, 2.45) is 7.05 Å². The van der Waals surface area contributed by atoms with E-state index in [1.807, 2.05) is 32.6 Å². The molecule has 1 rings (SSSR count). The molecule has 0 fully saturated rings. The van der Waals surface area contributed by atoms with Gasteiger partial charge in [0, 0.05) is 37.6 Å². The molecule has 2 N–H and O–H groups in total. The number of nitrogens with zero attached hydrogens (tertiary/aromatic N) is 2. The van der Waals surface area contributed by atoms with Gasteiger partial charge in [0.15, 0.2) is 0 Å². The molecule has 5 nitrogen and oxygen atoms in total. The Hall–Kier alpha value is -1.33. The van der Waals surface area contributed by atoms with E-state index in [9.17, 15) is 4.79 Å². The lowest BCUT2D eigenvalue weighted by Crippen LogP contribution is -2.35. The largest absolute Gasteiger partial charge is 0.478 e. The number of hydrogen-bond donors (Lipinski definition) is 2. The monoisotopic (exact) mass is 253 g/mol. The molecule has 0 aliphatic rings. The Morgan fingerprint density at radius 3 is 2.61 bits per heavy atom. The maximum Gasteiger partial charge on any atom is 0.337 e. The van der Waals surface area contributed by atoms with Crippen molar-refractivity contribution in [2.75, 3.05) is 20.6 Å². The van der Waals surface area contributed by atoms with E-state index in [1.54, 1.807) is 6.07 Å². The molecule has 5 heteroatoms. The zero-order valence-electron chi connectivity index (χ0n) is 11.8. The van der Waals surface area contributed by atoms with Crippen LogP contribution in [0.3, 0.4) is 0 Å². The number of rotatable bonds is 6. The van der Waals surface area contributed by atoms with E-state index in [0.717, 1.165) is 17.9 Å². The van der Waals surface area contributed by atoms with Gasteiger partial charge in [0.2, 0.25) is 0 Å². The number of carboxylic acid groups (broad SMARTS) is 1. The molecule has 1 aromatic rings. The molecular formula is C13H23N3O2. The minimum absolute atomic E-state index is 0.364. The highest BCUT2D eigenvalue weighted by Crippen LogP contribution is 2.14. The third kappa shape index (κ3) is 3.58. The molecule has 102 valence electrons. The maximum atomic E-state index is 11.0. The molecule has 1 atom stereocenters. The van der Waals surface area contributed by atoms with Crippen LogP contribution in [0.2, 0.25) is 0 Å². The van der Waals surface area contributed by atoms with Crippen molar-refractivity contribution in [3.05, 3.63) is 23.0 Å². The summed E-state index contributed by atoms with van der Waals surface area (Å²) in [5, 5.41) is 12.5. The first-order valence-corrected chi connectivity index (χ1v) is 6.09. The van der Waals surface area contributed by atoms with Crippen LogP contribution in [0.25, 0.3) is 0 Å². The predicted octanol–water partition coefficient (Wildman–Crippen LogP) is 1.07. The van der Waals surface area contributed by atoms with Crippen LogP contribution in [0.4, 0.5) is 0 Å². The van der Waals surface area contributed by atoms with Crippen LogP contribution < -0.4 is 5.32 Å². The summed E-state index contributed by atoms with van der Waals surface area (Å²) in [6.07, 6.45) is 0. The summed E-state index contributed by atoms with van der Waals surface area (Å²) in [7, 11) is 5.97. The van der Waals surface area contributed by atoms with Crippen molar-refractivity contribution in [3.63, 3.8) is 0 Å². The van der Waals surface area contributed by atoms with Crippen molar-refractivity contribution in [2.45, 2.75) is 26.4 Å². The van der Waals surface area contributed by atoms with Gasteiger partial charge in [-0.2, -0.15) is 0 Å². The lowest BCUT2D eigenvalue weighted by atomic mass is 10.2. The van der Waals surface area contributed by atoms with Crippen molar-refractivity contribution >= 4 is 5.97 Å². The van der Waals surface area contributed by atoms with Gasteiger partial charge in [-0.3, -0.25) is 0 Å². The smallest absolute Gasteiger partial charge is 0.337 e. The van der Waals surface area contributed by atoms with Gasteiger partial charge >= 0.3 is 5.97 Å². The first kappa shape index (κ1) is 14.7. The van der Waals surface area contributed by atoms with Crippen LogP contribution in [0.15, 0.2) is 6.07 Å². The summed E-state index contributed by atoms with van der Waals surface area (Å²) < 4.78 is 1.93. The maximum absolute atomic E-state index is 11.0. The van der Waals surface area contributed by atoms with E-state index in [-0.39, 0.29) is 0 Å². The average molecular weight is 253 g/mol. The normalized spacial score (nSPS) is 13.0. The molecule has 0 saturated heterocycles. The Morgan fingerprint density at radius 2 is 2.17 bits per heavy atom. The topological polar surface area (TPSA) is 57.5 Å². The molecule has 1 aromatic heterocycles. The first-order valence-electron chi connectivity index (χ1n) is 6.09.